The Morgan fingerprint density at radius 3 is 2.48 bits per heavy atom. The number of hydrogen-bond acceptors (Lipinski definition) is 4. The molecule has 1 fully saturated rings. The molecule has 5 heteroatoms. The summed E-state index contributed by atoms with van der Waals surface area (Å²) in [5.74, 6) is 0.837. The smallest absolute Gasteiger partial charge is 0.255 e. The summed E-state index contributed by atoms with van der Waals surface area (Å²) in [5.41, 5.74) is 2.88. The maximum Gasteiger partial charge on any atom is 0.255 e. The highest BCUT2D eigenvalue weighted by Crippen LogP contribution is 2.36. The molecule has 0 aromatic heterocycles. The first-order chi connectivity index (χ1) is 13.1. The second kappa shape index (κ2) is 8.44. The van der Waals surface area contributed by atoms with E-state index in [0.29, 0.717) is 36.8 Å². The quantitative estimate of drug-likeness (QED) is 0.847. The first-order valence-corrected chi connectivity index (χ1v) is 9.24. The average Bonchev–Trinajstić information content (AvgIpc) is 2.72. The Morgan fingerprint density at radius 2 is 1.81 bits per heavy atom. The Kier molecular flexibility index (Phi) is 6.01. The van der Waals surface area contributed by atoms with Gasteiger partial charge in [0.15, 0.2) is 11.5 Å². The van der Waals surface area contributed by atoms with Crippen LogP contribution >= 0.6 is 0 Å². The van der Waals surface area contributed by atoms with Crippen LogP contribution in [0.5, 0.6) is 11.5 Å². The molecule has 3 rings (SSSR count). The van der Waals surface area contributed by atoms with Crippen molar-refractivity contribution >= 4 is 5.91 Å². The van der Waals surface area contributed by atoms with Gasteiger partial charge in [0.05, 0.1) is 19.8 Å². The Hall–Kier alpha value is -2.53. The third kappa shape index (κ3) is 3.93. The largest absolute Gasteiger partial charge is 0.493 e. The molecular weight excluding hydrogens is 342 g/mol. The molecule has 0 radical (unpaired) electrons. The molecule has 5 nitrogen and oxygen atoms in total. The number of para-hydroxylation sites is 1. The number of amides is 1. The van der Waals surface area contributed by atoms with Crippen molar-refractivity contribution in [1.29, 1.82) is 0 Å². The highest BCUT2D eigenvalue weighted by molar-refractivity contribution is 5.97. The lowest BCUT2D eigenvalue weighted by molar-refractivity contribution is 0.0485. The zero-order valence-corrected chi connectivity index (χ0v) is 16.2. The standard InChI is InChI=1S/C22H27NO4/c1-16-7-4-5-9-18(16)22(11-13-27-14-12-22)15-23-21(24)17-8-6-10-19(25-2)20(17)26-3/h4-10H,11-15H2,1-3H3,(H,23,24). The van der Waals surface area contributed by atoms with Crippen molar-refractivity contribution in [2.45, 2.75) is 25.2 Å². The van der Waals surface area contributed by atoms with E-state index in [-0.39, 0.29) is 11.3 Å². The van der Waals surface area contributed by atoms with E-state index < -0.39 is 0 Å². The van der Waals surface area contributed by atoms with Gasteiger partial charge in [-0.15, -0.1) is 0 Å². The van der Waals surface area contributed by atoms with Crippen LogP contribution in [0.2, 0.25) is 0 Å². The van der Waals surface area contributed by atoms with Crippen molar-refractivity contribution in [3.63, 3.8) is 0 Å². The van der Waals surface area contributed by atoms with E-state index in [1.54, 1.807) is 32.4 Å². The molecule has 2 aromatic rings. The van der Waals surface area contributed by atoms with E-state index in [4.69, 9.17) is 14.2 Å². The Bertz CT molecular complexity index is 797. The van der Waals surface area contributed by atoms with Crippen LogP contribution < -0.4 is 14.8 Å². The molecule has 144 valence electrons. The molecule has 1 N–H and O–H groups in total. The highest BCUT2D eigenvalue weighted by Gasteiger charge is 2.36. The maximum absolute atomic E-state index is 12.9. The van der Waals surface area contributed by atoms with Gasteiger partial charge in [-0.1, -0.05) is 30.3 Å². The van der Waals surface area contributed by atoms with Crippen molar-refractivity contribution in [3.05, 3.63) is 59.2 Å². The first kappa shape index (κ1) is 19.2. The van der Waals surface area contributed by atoms with Crippen LogP contribution in [0, 0.1) is 6.92 Å². The zero-order valence-electron chi connectivity index (χ0n) is 16.2. The van der Waals surface area contributed by atoms with Gasteiger partial charge in [0.1, 0.15) is 0 Å². The van der Waals surface area contributed by atoms with Gasteiger partial charge in [-0.3, -0.25) is 4.79 Å². The predicted molar refractivity (Wildman–Crippen MR) is 105 cm³/mol. The van der Waals surface area contributed by atoms with Crippen molar-refractivity contribution in [3.8, 4) is 11.5 Å². The molecule has 1 saturated heterocycles. The van der Waals surface area contributed by atoms with Crippen LogP contribution in [0.4, 0.5) is 0 Å². The van der Waals surface area contributed by atoms with Gasteiger partial charge in [-0.25, -0.2) is 0 Å². The summed E-state index contributed by atoms with van der Waals surface area (Å²) in [4.78, 5) is 12.9. The first-order valence-electron chi connectivity index (χ1n) is 9.24. The van der Waals surface area contributed by atoms with Crippen molar-refractivity contribution in [2.75, 3.05) is 34.0 Å². The third-order valence-electron chi connectivity index (χ3n) is 5.40. The van der Waals surface area contributed by atoms with Gasteiger partial charge < -0.3 is 19.5 Å². The normalized spacial score (nSPS) is 15.8. The molecule has 27 heavy (non-hydrogen) atoms. The summed E-state index contributed by atoms with van der Waals surface area (Å²) < 4.78 is 16.3. The number of nitrogens with one attached hydrogen (secondary N) is 1. The molecule has 0 bridgehead atoms. The minimum atomic E-state index is -0.162. The van der Waals surface area contributed by atoms with E-state index >= 15 is 0 Å². The van der Waals surface area contributed by atoms with E-state index in [1.165, 1.54) is 11.1 Å². The molecule has 1 amide bonds. The topological polar surface area (TPSA) is 56.8 Å². The summed E-state index contributed by atoms with van der Waals surface area (Å²) >= 11 is 0. The number of rotatable bonds is 6. The van der Waals surface area contributed by atoms with Crippen molar-refractivity contribution < 1.29 is 19.0 Å². The van der Waals surface area contributed by atoms with E-state index in [9.17, 15) is 4.79 Å². The number of carbonyl (C=O) groups is 1. The van der Waals surface area contributed by atoms with Gasteiger partial charge in [0.25, 0.3) is 5.91 Å². The van der Waals surface area contributed by atoms with Crippen LogP contribution in [0.1, 0.15) is 34.3 Å². The Labute approximate surface area is 160 Å². The Morgan fingerprint density at radius 1 is 1.07 bits per heavy atom. The molecule has 0 saturated carbocycles. The lowest BCUT2D eigenvalue weighted by atomic mass is 9.72. The molecule has 1 heterocycles. The predicted octanol–water partition coefficient (Wildman–Crippen LogP) is 3.49. The monoisotopic (exact) mass is 369 g/mol. The number of benzene rings is 2. The number of aryl methyl sites for hydroxylation is 1. The van der Waals surface area contributed by atoms with Gasteiger partial charge in [0.2, 0.25) is 0 Å². The summed E-state index contributed by atoms with van der Waals surface area (Å²) in [6.45, 7) is 4.08. The number of carbonyl (C=O) groups excluding carboxylic acids is 1. The fraction of sp³-hybridized carbons (Fsp3) is 0.409. The van der Waals surface area contributed by atoms with Gasteiger partial charge in [-0.2, -0.15) is 0 Å². The number of hydrogen-bond donors (Lipinski definition) is 1. The molecule has 0 aliphatic carbocycles. The SMILES string of the molecule is COc1cccc(C(=O)NCC2(c3ccccc3C)CCOCC2)c1OC. The number of ether oxygens (including phenoxy) is 3. The molecule has 0 atom stereocenters. The fourth-order valence-electron chi connectivity index (χ4n) is 3.88. The van der Waals surface area contributed by atoms with E-state index in [0.717, 1.165) is 12.8 Å². The molecular formula is C22H27NO4. The van der Waals surface area contributed by atoms with Gasteiger partial charge in [0, 0.05) is 25.2 Å². The summed E-state index contributed by atoms with van der Waals surface area (Å²) in [7, 11) is 3.11. The van der Waals surface area contributed by atoms with Crippen LogP contribution in [0.15, 0.2) is 42.5 Å². The summed E-state index contributed by atoms with van der Waals surface area (Å²) in [6.07, 6.45) is 1.76. The molecule has 1 aliphatic rings. The third-order valence-corrected chi connectivity index (χ3v) is 5.40. The lowest BCUT2D eigenvalue weighted by Gasteiger charge is -2.39. The maximum atomic E-state index is 12.9. The van der Waals surface area contributed by atoms with Crippen molar-refractivity contribution in [2.24, 2.45) is 0 Å². The molecule has 2 aromatic carbocycles. The van der Waals surface area contributed by atoms with Gasteiger partial charge >= 0.3 is 0 Å². The molecule has 0 spiro atoms. The fourth-order valence-corrected chi connectivity index (χ4v) is 3.88. The van der Waals surface area contributed by atoms with E-state index in [1.807, 2.05) is 6.07 Å². The second-order valence-electron chi connectivity index (χ2n) is 6.93. The van der Waals surface area contributed by atoms with Crippen LogP contribution in [-0.4, -0.2) is 39.9 Å². The lowest BCUT2D eigenvalue weighted by Crippen LogP contribution is -2.45. The molecule has 0 unspecified atom stereocenters. The average molecular weight is 369 g/mol. The van der Waals surface area contributed by atoms with Crippen LogP contribution in [0.3, 0.4) is 0 Å². The number of methoxy groups -OCH3 is 2. The van der Waals surface area contributed by atoms with E-state index in [2.05, 4.69) is 30.4 Å². The second-order valence-corrected chi connectivity index (χ2v) is 6.93. The van der Waals surface area contributed by atoms with Gasteiger partial charge in [-0.05, 0) is 43.0 Å². The van der Waals surface area contributed by atoms with Crippen molar-refractivity contribution in [1.82, 2.24) is 5.32 Å². The minimum Gasteiger partial charge on any atom is -0.493 e. The Balaban J connectivity index is 1.85. The summed E-state index contributed by atoms with van der Waals surface area (Å²) in [5, 5.41) is 3.13. The summed E-state index contributed by atoms with van der Waals surface area (Å²) in [6, 6.07) is 13.7. The zero-order chi connectivity index (χ0) is 19.3. The van der Waals surface area contributed by atoms with Crippen LogP contribution in [-0.2, 0) is 10.2 Å². The highest BCUT2D eigenvalue weighted by atomic mass is 16.5. The minimum absolute atomic E-state index is 0.120. The molecule has 1 aliphatic heterocycles. The van der Waals surface area contributed by atoms with Crippen LogP contribution in [0.25, 0.3) is 0 Å².